The molecule has 0 spiro atoms. The molecule has 0 radical (unpaired) electrons. The number of nitrogens with one attached hydrogen (secondary N) is 1. The molecule has 1 saturated heterocycles. The van der Waals surface area contributed by atoms with Gasteiger partial charge in [0.05, 0.1) is 6.54 Å². The molecule has 3 aromatic rings. The SMILES string of the molecule is O=C(N[C@@H]1C(=O)N(c2cccn(CC(O)C(F)(F)F)c2=O)C[C@H]1c1ccc(Cl)cc1)c1ccc(OC(F)F)cc1. The number of hydrogen-bond acceptors (Lipinski definition) is 5. The first-order valence-electron chi connectivity index (χ1n) is 11.7. The van der Waals surface area contributed by atoms with Gasteiger partial charge in [0.15, 0.2) is 6.10 Å². The summed E-state index contributed by atoms with van der Waals surface area (Å²) in [5.41, 5.74) is -0.581. The molecule has 8 nitrogen and oxygen atoms in total. The standard InChI is InChI=1S/C26H21ClF5N3O5/c27-16-7-3-14(4-8-16)18-12-35(19-2-1-11-34(23(19)38)13-20(36)26(30,31)32)24(39)21(18)33-22(37)15-5-9-17(10-6-15)40-25(28)29/h1-11,18,20-21,25,36H,12-13H2,(H,33,37)/t18-,20?,21-/m0/s1. The van der Waals surface area contributed by atoms with Gasteiger partial charge in [-0.25, -0.2) is 0 Å². The van der Waals surface area contributed by atoms with Crippen LogP contribution in [0.5, 0.6) is 5.75 Å². The van der Waals surface area contributed by atoms with Crippen LogP contribution in [0.3, 0.4) is 0 Å². The zero-order chi connectivity index (χ0) is 29.2. The van der Waals surface area contributed by atoms with E-state index < -0.39 is 54.8 Å². The second kappa shape index (κ2) is 11.6. The predicted octanol–water partition coefficient (Wildman–Crippen LogP) is 3.96. The molecule has 4 rings (SSSR count). The number of aromatic nitrogens is 1. The lowest BCUT2D eigenvalue weighted by atomic mass is 9.94. The van der Waals surface area contributed by atoms with Crippen LogP contribution >= 0.6 is 11.6 Å². The quantitative estimate of drug-likeness (QED) is 0.390. The van der Waals surface area contributed by atoms with Crippen LogP contribution in [0, 0.1) is 0 Å². The molecule has 1 fully saturated rings. The molecule has 14 heteroatoms. The van der Waals surface area contributed by atoms with Crippen molar-refractivity contribution in [1.29, 1.82) is 0 Å². The monoisotopic (exact) mass is 585 g/mol. The zero-order valence-electron chi connectivity index (χ0n) is 20.3. The Morgan fingerprint density at radius 2 is 1.73 bits per heavy atom. The highest BCUT2D eigenvalue weighted by Crippen LogP contribution is 2.32. The molecule has 2 N–H and O–H groups in total. The van der Waals surface area contributed by atoms with E-state index in [-0.39, 0.29) is 23.5 Å². The number of nitrogens with zero attached hydrogens (tertiary/aromatic N) is 2. The van der Waals surface area contributed by atoms with E-state index in [0.29, 0.717) is 15.2 Å². The Morgan fingerprint density at radius 1 is 1.07 bits per heavy atom. The van der Waals surface area contributed by atoms with Crippen molar-refractivity contribution in [1.82, 2.24) is 9.88 Å². The lowest BCUT2D eigenvalue weighted by Gasteiger charge is -2.19. The summed E-state index contributed by atoms with van der Waals surface area (Å²) in [6.07, 6.45) is -6.71. The maximum atomic E-state index is 13.5. The van der Waals surface area contributed by atoms with Crippen LogP contribution < -0.4 is 20.5 Å². The van der Waals surface area contributed by atoms with Gasteiger partial charge in [-0.1, -0.05) is 23.7 Å². The Bertz CT molecular complexity index is 1430. The van der Waals surface area contributed by atoms with Crippen molar-refractivity contribution in [2.45, 2.75) is 37.4 Å². The smallest absolute Gasteiger partial charge is 0.416 e. The number of carbonyl (C=O) groups excluding carboxylic acids is 2. The Morgan fingerprint density at radius 3 is 2.33 bits per heavy atom. The molecule has 0 saturated carbocycles. The van der Waals surface area contributed by atoms with E-state index in [2.05, 4.69) is 10.1 Å². The van der Waals surface area contributed by atoms with E-state index in [4.69, 9.17) is 11.6 Å². The predicted molar refractivity (Wildman–Crippen MR) is 134 cm³/mol. The van der Waals surface area contributed by atoms with Gasteiger partial charge < -0.3 is 24.6 Å². The van der Waals surface area contributed by atoms with Crippen LogP contribution in [0.25, 0.3) is 0 Å². The van der Waals surface area contributed by atoms with Crippen molar-refractivity contribution in [2.24, 2.45) is 0 Å². The van der Waals surface area contributed by atoms with Crippen LogP contribution in [-0.2, 0) is 11.3 Å². The van der Waals surface area contributed by atoms with E-state index >= 15 is 0 Å². The molecule has 2 aromatic carbocycles. The van der Waals surface area contributed by atoms with Crippen molar-refractivity contribution in [2.75, 3.05) is 11.4 Å². The van der Waals surface area contributed by atoms with Gasteiger partial charge in [0.25, 0.3) is 11.5 Å². The number of amides is 2. The third-order valence-electron chi connectivity index (χ3n) is 6.28. The zero-order valence-corrected chi connectivity index (χ0v) is 21.1. The molecular weight excluding hydrogens is 565 g/mol. The number of aliphatic hydroxyl groups is 1. The van der Waals surface area contributed by atoms with Gasteiger partial charge in [-0.15, -0.1) is 0 Å². The molecule has 0 bridgehead atoms. The maximum Gasteiger partial charge on any atom is 0.416 e. The Kier molecular flexibility index (Phi) is 8.45. The number of hydrogen-bond donors (Lipinski definition) is 2. The van der Waals surface area contributed by atoms with Gasteiger partial charge in [-0.3, -0.25) is 14.4 Å². The Labute approximate surface area is 228 Å². The lowest BCUT2D eigenvalue weighted by Crippen LogP contribution is -2.44. The van der Waals surface area contributed by atoms with Gasteiger partial charge >= 0.3 is 12.8 Å². The molecule has 3 atom stereocenters. The minimum Gasteiger partial charge on any atom is -0.435 e. The number of ether oxygens (including phenoxy) is 1. The molecule has 1 aliphatic rings. The molecule has 1 aliphatic heterocycles. The summed E-state index contributed by atoms with van der Waals surface area (Å²) in [6, 6.07) is 12.5. The molecule has 2 amide bonds. The third-order valence-corrected chi connectivity index (χ3v) is 6.53. The molecule has 1 unspecified atom stereocenters. The average molecular weight is 586 g/mol. The van der Waals surface area contributed by atoms with Crippen LogP contribution in [0.2, 0.25) is 5.02 Å². The molecule has 40 heavy (non-hydrogen) atoms. The van der Waals surface area contributed by atoms with Crippen LogP contribution in [0.15, 0.2) is 71.7 Å². The number of benzene rings is 2. The highest BCUT2D eigenvalue weighted by molar-refractivity contribution is 6.30. The number of halogens is 6. The molecule has 0 aliphatic carbocycles. The first kappa shape index (κ1) is 29.0. The van der Waals surface area contributed by atoms with Crippen molar-refractivity contribution in [3.05, 3.63) is 93.4 Å². The average Bonchev–Trinajstić information content (AvgIpc) is 3.20. The lowest BCUT2D eigenvalue weighted by molar-refractivity contribution is -0.207. The van der Waals surface area contributed by atoms with Crippen LogP contribution in [0.1, 0.15) is 21.8 Å². The fourth-order valence-corrected chi connectivity index (χ4v) is 4.42. The van der Waals surface area contributed by atoms with Crippen LogP contribution in [0.4, 0.5) is 27.6 Å². The van der Waals surface area contributed by atoms with Gasteiger partial charge in [0.1, 0.15) is 17.5 Å². The second-order valence-electron chi connectivity index (χ2n) is 8.87. The number of alkyl halides is 5. The summed E-state index contributed by atoms with van der Waals surface area (Å²) in [5, 5.41) is 12.4. The minimum absolute atomic E-state index is 0.0333. The topological polar surface area (TPSA) is 101 Å². The fourth-order valence-electron chi connectivity index (χ4n) is 4.29. The van der Waals surface area contributed by atoms with Gasteiger partial charge in [-0.05, 0) is 54.1 Å². The van der Waals surface area contributed by atoms with Crippen molar-refractivity contribution in [3.8, 4) is 5.75 Å². The first-order chi connectivity index (χ1) is 18.8. The molecular formula is C26H21ClF5N3O5. The van der Waals surface area contributed by atoms with E-state index in [0.717, 1.165) is 23.2 Å². The van der Waals surface area contributed by atoms with Crippen LogP contribution in [-0.4, -0.2) is 53.0 Å². The maximum absolute atomic E-state index is 13.5. The van der Waals surface area contributed by atoms with E-state index in [1.807, 2.05) is 0 Å². The second-order valence-corrected chi connectivity index (χ2v) is 9.31. The Hall–Kier alpha value is -3.97. The minimum atomic E-state index is -4.96. The van der Waals surface area contributed by atoms with Gasteiger partial charge in [0, 0.05) is 29.2 Å². The molecule has 2 heterocycles. The largest absolute Gasteiger partial charge is 0.435 e. The normalized spacial score (nSPS) is 18.2. The summed E-state index contributed by atoms with van der Waals surface area (Å²) in [4.78, 5) is 40.6. The number of pyridine rings is 1. The number of rotatable bonds is 8. The van der Waals surface area contributed by atoms with Crippen molar-refractivity contribution >= 4 is 29.1 Å². The van der Waals surface area contributed by atoms with E-state index in [9.17, 15) is 41.4 Å². The van der Waals surface area contributed by atoms with Gasteiger partial charge in [0.2, 0.25) is 5.91 Å². The van der Waals surface area contributed by atoms with Gasteiger partial charge in [-0.2, -0.15) is 22.0 Å². The number of aliphatic hydroxyl groups excluding tert-OH is 1. The number of carbonyl (C=O) groups is 2. The summed E-state index contributed by atoms with van der Waals surface area (Å²) in [7, 11) is 0. The summed E-state index contributed by atoms with van der Waals surface area (Å²) < 4.78 is 68.4. The summed E-state index contributed by atoms with van der Waals surface area (Å²) in [5.74, 6) is -2.31. The van der Waals surface area contributed by atoms with E-state index in [1.165, 1.54) is 24.3 Å². The Balaban J connectivity index is 1.64. The summed E-state index contributed by atoms with van der Waals surface area (Å²) >= 11 is 5.98. The first-order valence-corrected chi connectivity index (χ1v) is 12.1. The van der Waals surface area contributed by atoms with E-state index in [1.54, 1.807) is 24.3 Å². The molecule has 212 valence electrons. The van der Waals surface area contributed by atoms with Crippen molar-refractivity contribution < 1.29 is 41.4 Å². The fraction of sp³-hybridized carbons (Fsp3) is 0.269. The highest BCUT2D eigenvalue weighted by atomic mass is 35.5. The highest BCUT2D eigenvalue weighted by Gasteiger charge is 2.44. The third kappa shape index (κ3) is 6.42. The summed E-state index contributed by atoms with van der Waals surface area (Å²) in [6.45, 7) is -4.25. The number of anilines is 1. The molecule has 1 aromatic heterocycles. The van der Waals surface area contributed by atoms with Crippen molar-refractivity contribution in [3.63, 3.8) is 0 Å².